The summed E-state index contributed by atoms with van der Waals surface area (Å²) in [6.07, 6.45) is -1.76. The lowest BCUT2D eigenvalue weighted by Gasteiger charge is -2.08. The molecule has 14 heavy (non-hydrogen) atoms. The van der Waals surface area contributed by atoms with Crippen LogP contribution in [0.3, 0.4) is 0 Å². The van der Waals surface area contributed by atoms with Crippen LogP contribution in [0.4, 0.5) is 8.78 Å². The minimum atomic E-state index is -3.71. The third-order valence-electron chi connectivity index (χ3n) is 1.97. The largest absolute Gasteiger partial charge is 0.301 e. The molecule has 0 amide bonds. The van der Waals surface area contributed by atoms with E-state index in [0.717, 1.165) is 11.8 Å². The molecule has 1 heterocycles. The predicted molar refractivity (Wildman–Crippen MR) is 48.9 cm³/mol. The number of thioether (sulfide) groups is 1. The number of fused-ring (bicyclic) bond motifs is 1. The Morgan fingerprint density at radius 2 is 2.43 bits per heavy atom. The van der Waals surface area contributed by atoms with Crippen molar-refractivity contribution >= 4 is 11.8 Å². The van der Waals surface area contributed by atoms with Crippen LogP contribution >= 0.6 is 11.8 Å². The summed E-state index contributed by atoms with van der Waals surface area (Å²) < 4.78 is 41.7. The average Bonchev–Trinajstić information content (AvgIpc) is 2.36. The number of H-pyrrole nitrogens is 1. The van der Waals surface area contributed by atoms with Gasteiger partial charge in [0, 0.05) is 14.7 Å². The molecule has 1 N–H and O–H groups in total. The van der Waals surface area contributed by atoms with Crippen molar-refractivity contribution in [1.29, 1.82) is 0 Å². The number of nitrogens with one attached hydrogen (secondary N) is 1. The van der Waals surface area contributed by atoms with Crippen LogP contribution in [-0.2, 0) is 12.3 Å². The van der Waals surface area contributed by atoms with Crippen molar-refractivity contribution < 1.29 is 11.5 Å². The summed E-state index contributed by atoms with van der Waals surface area (Å²) in [6.45, 7) is 0. The number of alkyl halides is 2. The lowest BCUT2D eigenvalue weighted by Crippen LogP contribution is -2.18. The Morgan fingerprint density at radius 3 is 3.07 bits per heavy atom. The molecule has 0 saturated carbocycles. The van der Waals surface area contributed by atoms with E-state index in [1.165, 1.54) is 0 Å². The molecule has 0 aliphatic heterocycles. The molecular weight excluding hydrogens is 210 g/mol. The average molecular weight is 220 g/mol. The molecule has 1 aromatic heterocycles. The summed E-state index contributed by atoms with van der Waals surface area (Å²) in [5.74, 6) is -3.71. The fourth-order valence-corrected chi connectivity index (χ4v) is 1.66. The molecule has 1 aliphatic carbocycles. The summed E-state index contributed by atoms with van der Waals surface area (Å²) in [5, 5.41) is 0.0705. The number of nitrogens with zero attached hydrogens (tertiary/aromatic N) is 1. The first kappa shape index (κ1) is 7.39. The predicted octanol–water partition coefficient (Wildman–Crippen LogP) is 1.53. The maximum absolute atomic E-state index is 13.6. The molecule has 0 unspecified atom stereocenters. The summed E-state index contributed by atoms with van der Waals surface area (Å²) in [5.41, 5.74) is -1.67. The van der Waals surface area contributed by atoms with E-state index in [-0.39, 0.29) is 10.7 Å². The van der Waals surface area contributed by atoms with Gasteiger partial charge >= 0.3 is 0 Å². The van der Waals surface area contributed by atoms with Gasteiger partial charge in [0.1, 0.15) is 5.69 Å². The van der Waals surface area contributed by atoms with Gasteiger partial charge in [-0.3, -0.25) is 4.79 Å². The standard InChI is InChI=1S/C8H8F2N2OS/c1-14-7-11-5-4(6(13)12-7)2-3-8(5,9)10/h2-3H2,1H3,(H,11,12,13)/i3D2. The van der Waals surface area contributed by atoms with Gasteiger partial charge in [-0.25, -0.2) is 4.98 Å². The monoisotopic (exact) mass is 220 g/mol. The Kier molecular flexibility index (Phi) is 1.61. The lowest BCUT2D eigenvalue weighted by molar-refractivity contribution is -0.00653. The van der Waals surface area contributed by atoms with Crippen molar-refractivity contribution in [2.45, 2.75) is 23.9 Å². The second-order valence-corrected chi connectivity index (χ2v) is 3.63. The van der Waals surface area contributed by atoms with Crippen molar-refractivity contribution in [2.24, 2.45) is 0 Å². The molecule has 6 heteroatoms. The third kappa shape index (κ3) is 1.33. The van der Waals surface area contributed by atoms with Crippen LogP contribution < -0.4 is 5.56 Å². The summed E-state index contributed by atoms with van der Waals surface area (Å²) in [4.78, 5) is 17.4. The van der Waals surface area contributed by atoms with Crippen LogP contribution in [0.5, 0.6) is 0 Å². The molecule has 0 bridgehead atoms. The molecule has 1 aromatic rings. The fourth-order valence-electron chi connectivity index (χ4n) is 1.28. The van der Waals surface area contributed by atoms with Crippen molar-refractivity contribution in [2.75, 3.05) is 6.26 Å². The number of aromatic amines is 1. The highest BCUT2D eigenvalue weighted by Gasteiger charge is 2.42. The zero-order valence-corrected chi connectivity index (χ0v) is 8.04. The second-order valence-electron chi connectivity index (χ2n) is 2.83. The fraction of sp³-hybridized carbons (Fsp3) is 0.500. The van der Waals surface area contributed by atoms with Gasteiger partial charge in [-0.2, -0.15) is 8.78 Å². The van der Waals surface area contributed by atoms with Gasteiger partial charge in [0.15, 0.2) is 5.16 Å². The van der Waals surface area contributed by atoms with Gasteiger partial charge in [-0.15, -0.1) is 0 Å². The van der Waals surface area contributed by atoms with Crippen LogP contribution in [0.15, 0.2) is 9.95 Å². The van der Waals surface area contributed by atoms with Crippen LogP contribution in [-0.4, -0.2) is 16.2 Å². The SMILES string of the molecule is [2H]C1([2H])Cc2c(nc(SC)[nH]c2=O)C1(F)F. The molecular formula is C8H8F2N2OS. The quantitative estimate of drug-likeness (QED) is 0.576. The van der Waals surface area contributed by atoms with E-state index in [9.17, 15) is 13.6 Å². The van der Waals surface area contributed by atoms with E-state index < -0.39 is 30.0 Å². The van der Waals surface area contributed by atoms with Crippen LogP contribution in [0.25, 0.3) is 0 Å². The number of hydrogen-bond donors (Lipinski definition) is 1. The van der Waals surface area contributed by atoms with Gasteiger partial charge in [-0.05, 0) is 12.7 Å². The molecule has 1 aliphatic rings. The van der Waals surface area contributed by atoms with Crippen molar-refractivity contribution in [3.63, 3.8) is 0 Å². The second kappa shape index (κ2) is 3.05. The smallest absolute Gasteiger partial charge is 0.290 e. The Bertz CT molecular complexity index is 503. The Labute approximate surface area is 85.8 Å². The van der Waals surface area contributed by atoms with E-state index >= 15 is 0 Å². The van der Waals surface area contributed by atoms with E-state index in [4.69, 9.17) is 2.74 Å². The molecule has 0 fully saturated rings. The van der Waals surface area contributed by atoms with Crippen molar-refractivity contribution in [3.05, 3.63) is 21.6 Å². The molecule has 0 aromatic carbocycles. The minimum absolute atomic E-state index is 0.0705. The van der Waals surface area contributed by atoms with Gasteiger partial charge in [0.2, 0.25) is 0 Å². The first-order chi connectivity index (χ1) is 7.29. The van der Waals surface area contributed by atoms with E-state index in [2.05, 4.69) is 9.97 Å². The number of aromatic nitrogens is 2. The first-order valence-corrected chi connectivity index (χ1v) is 5.07. The molecule has 0 radical (unpaired) electrons. The third-order valence-corrected chi connectivity index (χ3v) is 2.55. The highest BCUT2D eigenvalue weighted by molar-refractivity contribution is 7.98. The van der Waals surface area contributed by atoms with Crippen LogP contribution in [0, 0.1) is 0 Å². The first-order valence-electron chi connectivity index (χ1n) is 4.85. The zero-order valence-electron chi connectivity index (χ0n) is 9.23. The Morgan fingerprint density at radius 1 is 1.71 bits per heavy atom. The minimum Gasteiger partial charge on any atom is -0.301 e. The maximum atomic E-state index is 13.6. The molecule has 76 valence electrons. The number of rotatable bonds is 1. The van der Waals surface area contributed by atoms with E-state index in [0.29, 0.717) is 0 Å². The van der Waals surface area contributed by atoms with Crippen LogP contribution in [0.2, 0.25) is 0 Å². The normalized spacial score (nSPS) is 23.9. The molecule has 0 spiro atoms. The van der Waals surface area contributed by atoms with E-state index in [1.54, 1.807) is 6.26 Å². The molecule has 0 atom stereocenters. The number of halogens is 2. The summed E-state index contributed by atoms with van der Waals surface area (Å²) in [6, 6.07) is 0. The Balaban J connectivity index is 2.70. The maximum Gasteiger partial charge on any atom is 0.290 e. The molecule has 3 nitrogen and oxygen atoms in total. The topological polar surface area (TPSA) is 45.8 Å². The Hall–Kier alpha value is -0.910. The summed E-state index contributed by atoms with van der Waals surface area (Å²) >= 11 is 1.03. The molecule has 0 saturated heterocycles. The van der Waals surface area contributed by atoms with E-state index in [1.807, 2.05) is 0 Å². The number of hydrogen-bond acceptors (Lipinski definition) is 3. The van der Waals surface area contributed by atoms with Crippen LogP contribution in [0.1, 0.15) is 20.4 Å². The lowest BCUT2D eigenvalue weighted by atomic mass is 10.2. The van der Waals surface area contributed by atoms with Crippen molar-refractivity contribution in [1.82, 2.24) is 9.97 Å². The van der Waals surface area contributed by atoms with Crippen molar-refractivity contribution in [3.8, 4) is 0 Å². The van der Waals surface area contributed by atoms with Gasteiger partial charge < -0.3 is 4.98 Å². The van der Waals surface area contributed by atoms with Gasteiger partial charge in [-0.1, -0.05) is 11.8 Å². The van der Waals surface area contributed by atoms with Gasteiger partial charge in [0.25, 0.3) is 11.5 Å². The highest BCUT2D eigenvalue weighted by atomic mass is 32.2. The zero-order chi connectivity index (χ0) is 12.1. The van der Waals surface area contributed by atoms with Gasteiger partial charge in [0.05, 0.1) is 0 Å². The highest BCUT2D eigenvalue weighted by Crippen LogP contribution is 2.38. The molecule has 2 rings (SSSR count). The summed E-state index contributed by atoms with van der Waals surface area (Å²) in [7, 11) is 0.